The molecule has 0 saturated heterocycles. The Hall–Kier alpha value is -1.46. The molecule has 3 nitrogen and oxygen atoms in total. The molecule has 1 unspecified atom stereocenters. The minimum Gasteiger partial charge on any atom is -0.345 e. The summed E-state index contributed by atoms with van der Waals surface area (Å²) in [4.78, 5) is 8.83. The molecule has 0 spiro atoms. The molecule has 2 heterocycles. The summed E-state index contributed by atoms with van der Waals surface area (Å²) in [5.74, 6) is 0. The average Bonchev–Trinajstić information content (AvgIpc) is 2.82. The fraction of sp³-hybridized carbons (Fsp3) is 0. The van der Waals surface area contributed by atoms with Crippen LogP contribution in [-0.4, -0.2) is 14.2 Å². The topological polar surface area (TPSA) is 45.8 Å². The first-order valence-electron chi connectivity index (χ1n) is 5.35. The molecule has 0 radical (unpaired) electrons. The van der Waals surface area contributed by atoms with Crippen LogP contribution in [0, 0.1) is 0 Å². The first kappa shape index (κ1) is 11.6. The van der Waals surface area contributed by atoms with Crippen LogP contribution < -0.4 is 0 Å². The molecule has 18 heavy (non-hydrogen) atoms. The number of H-pyrrole nitrogens is 1. The second kappa shape index (κ2) is 4.66. The second-order valence-electron chi connectivity index (χ2n) is 3.78. The molecule has 0 bridgehead atoms. The van der Waals surface area contributed by atoms with E-state index in [4.69, 9.17) is 0 Å². The quantitative estimate of drug-likeness (QED) is 0.785. The Morgan fingerprint density at radius 1 is 1.22 bits per heavy atom. The van der Waals surface area contributed by atoms with E-state index >= 15 is 0 Å². The summed E-state index contributed by atoms with van der Waals surface area (Å²) in [6.45, 7) is 0. The lowest BCUT2D eigenvalue weighted by atomic mass is 10.3. The second-order valence-corrected chi connectivity index (χ2v) is 6.15. The predicted octanol–water partition coefficient (Wildman–Crippen LogP) is 3.49. The number of fused-ring (bicyclic) bond motifs is 1. The van der Waals surface area contributed by atoms with Crippen molar-refractivity contribution in [1.29, 1.82) is 0 Å². The van der Waals surface area contributed by atoms with Crippen LogP contribution in [0.2, 0.25) is 0 Å². The van der Waals surface area contributed by atoms with Crippen LogP contribution in [0.4, 0.5) is 0 Å². The van der Waals surface area contributed by atoms with Gasteiger partial charge in [-0.15, -0.1) is 0 Å². The van der Waals surface area contributed by atoms with Crippen LogP contribution in [0.1, 0.15) is 0 Å². The van der Waals surface area contributed by atoms with Gasteiger partial charge in [0, 0.05) is 27.1 Å². The molecular weight excluding hydrogens is 312 g/mol. The highest BCUT2D eigenvalue weighted by molar-refractivity contribution is 9.10. The van der Waals surface area contributed by atoms with Crippen molar-refractivity contribution in [2.45, 2.75) is 9.79 Å². The maximum absolute atomic E-state index is 12.5. The largest absolute Gasteiger partial charge is 0.345 e. The van der Waals surface area contributed by atoms with E-state index in [-0.39, 0.29) is 0 Å². The Bertz CT molecular complexity index is 724. The van der Waals surface area contributed by atoms with Crippen molar-refractivity contribution >= 4 is 37.8 Å². The third kappa shape index (κ3) is 2.00. The molecule has 90 valence electrons. The van der Waals surface area contributed by atoms with Crippen molar-refractivity contribution < 1.29 is 4.21 Å². The zero-order valence-electron chi connectivity index (χ0n) is 9.26. The Balaban J connectivity index is 2.15. The highest BCUT2D eigenvalue weighted by atomic mass is 79.9. The van der Waals surface area contributed by atoms with Crippen LogP contribution in [0.25, 0.3) is 11.0 Å². The Morgan fingerprint density at radius 3 is 2.78 bits per heavy atom. The van der Waals surface area contributed by atoms with Crippen LogP contribution in [0.3, 0.4) is 0 Å². The zero-order chi connectivity index (χ0) is 12.5. The SMILES string of the molecule is O=S(c1ccccc1)c1c[nH]c2ncc(Br)cc12. The summed E-state index contributed by atoms with van der Waals surface area (Å²) in [6, 6.07) is 11.3. The molecule has 0 aliphatic heterocycles. The van der Waals surface area contributed by atoms with Gasteiger partial charge in [0.15, 0.2) is 0 Å². The summed E-state index contributed by atoms with van der Waals surface area (Å²) < 4.78 is 13.4. The van der Waals surface area contributed by atoms with E-state index in [9.17, 15) is 4.21 Å². The Morgan fingerprint density at radius 2 is 2.00 bits per heavy atom. The number of nitrogens with one attached hydrogen (secondary N) is 1. The van der Waals surface area contributed by atoms with E-state index in [0.717, 1.165) is 25.3 Å². The molecule has 0 amide bonds. The molecule has 1 atom stereocenters. The lowest BCUT2D eigenvalue weighted by molar-refractivity contribution is 0.683. The Labute approximate surface area is 115 Å². The summed E-state index contributed by atoms with van der Waals surface area (Å²) in [6.07, 6.45) is 3.47. The number of nitrogens with zero attached hydrogens (tertiary/aromatic N) is 1. The van der Waals surface area contributed by atoms with E-state index in [1.807, 2.05) is 36.4 Å². The summed E-state index contributed by atoms with van der Waals surface area (Å²) in [5.41, 5.74) is 0.748. The fourth-order valence-corrected chi connectivity index (χ4v) is 3.29. The molecule has 2 aromatic heterocycles. The van der Waals surface area contributed by atoms with Gasteiger partial charge in [0.2, 0.25) is 0 Å². The number of hydrogen-bond acceptors (Lipinski definition) is 2. The molecule has 0 saturated carbocycles. The number of aromatic amines is 1. The fourth-order valence-electron chi connectivity index (χ4n) is 1.78. The zero-order valence-corrected chi connectivity index (χ0v) is 11.7. The number of pyridine rings is 1. The monoisotopic (exact) mass is 320 g/mol. The molecule has 1 N–H and O–H groups in total. The molecular formula is C13H9BrN2OS. The van der Waals surface area contributed by atoms with E-state index in [2.05, 4.69) is 25.9 Å². The molecule has 3 rings (SSSR count). The summed E-state index contributed by atoms with van der Waals surface area (Å²) >= 11 is 3.38. The Kier molecular flexibility index (Phi) is 3.01. The van der Waals surface area contributed by atoms with Gasteiger partial charge in [-0.05, 0) is 34.1 Å². The molecule has 0 aliphatic rings. The highest BCUT2D eigenvalue weighted by Gasteiger charge is 2.13. The van der Waals surface area contributed by atoms with Gasteiger partial charge >= 0.3 is 0 Å². The third-order valence-electron chi connectivity index (χ3n) is 2.62. The van der Waals surface area contributed by atoms with Gasteiger partial charge in [-0.25, -0.2) is 9.19 Å². The smallest absolute Gasteiger partial charge is 0.138 e. The van der Waals surface area contributed by atoms with Crippen molar-refractivity contribution in [1.82, 2.24) is 9.97 Å². The lowest BCUT2D eigenvalue weighted by Crippen LogP contribution is -1.91. The van der Waals surface area contributed by atoms with Crippen molar-refractivity contribution in [3.05, 3.63) is 53.3 Å². The molecule has 0 fully saturated rings. The first-order chi connectivity index (χ1) is 8.75. The maximum Gasteiger partial charge on any atom is 0.138 e. The van der Waals surface area contributed by atoms with Crippen LogP contribution >= 0.6 is 15.9 Å². The first-order valence-corrected chi connectivity index (χ1v) is 7.29. The number of hydrogen-bond donors (Lipinski definition) is 1. The minimum absolute atomic E-state index is 0.748. The molecule has 1 aromatic carbocycles. The van der Waals surface area contributed by atoms with Gasteiger partial charge in [0.1, 0.15) is 5.65 Å². The third-order valence-corrected chi connectivity index (χ3v) is 4.49. The standard InChI is InChI=1S/C13H9BrN2OS/c14-9-6-11-12(8-16-13(11)15-7-9)18(17)10-4-2-1-3-5-10/h1-8H,(H,15,16). The molecule has 0 aliphatic carbocycles. The van der Waals surface area contributed by atoms with Gasteiger partial charge in [0.05, 0.1) is 15.7 Å². The van der Waals surface area contributed by atoms with Crippen LogP contribution in [0.5, 0.6) is 0 Å². The number of aromatic nitrogens is 2. The van der Waals surface area contributed by atoms with Crippen LogP contribution in [-0.2, 0) is 10.8 Å². The average molecular weight is 321 g/mol. The van der Waals surface area contributed by atoms with Gasteiger partial charge in [-0.2, -0.15) is 0 Å². The molecule has 5 heteroatoms. The van der Waals surface area contributed by atoms with E-state index in [1.54, 1.807) is 12.4 Å². The lowest BCUT2D eigenvalue weighted by Gasteiger charge is -2.00. The van der Waals surface area contributed by atoms with Crippen molar-refractivity contribution in [3.63, 3.8) is 0 Å². The van der Waals surface area contributed by atoms with Gasteiger partial charge in [-0.3, -0.25) is 0 Å². The van der Waals surface area contributed by atoms with Crippen molar-refractivity contribution in [3.8, 4) is 0 Å². The van der Waals surface area contributed by atoms with E-state index in [0.29, 0.717) is 0 Å². The van der Waals surface area contributed by atoms with E-state index < -0.39 is 10.8 Å². The van der Waals surface area contributed by atoms with E-state index in [1.165, 1.54) is 0 Å². The maximum atomic E-state index is 12.5. The number of rotatable bonds is 2. The predicted molar refractivity (Wildman–Crippen MR) is 74.9 cm³/mol. The van der Waals surface area contributed by atoms with Crippen molar-refractivity contribution in [2.75, 3.05) is 0 Å². The van der Waals surface area contributed by atoms with Crippen LogP contribution in [0.15, 0.2) is 63.1 Å². The highest BCUT2D eigenvalue weighted by Crippen LogP contribution is 2.26. The van der Waals surface area contributed by atoms with Gasteiger partial charge in [0.25, 0.3) is 0 Å². The van der Waals surface area contributed by atoms with Gasteiger partial charge in [-0.1, -0.05) is 18.2 Å². The molecule has 3 aromatic rings. The number of halogens is 1. The number of benzene rings is 1. The normalized spacial score (nSPS) is 12.7. The summed E-state index contributed by atoms with van der Waals surface area (Å²) in [7, 11) is -1.19. The minimum atomic E-state index is -1.19. The van der Waals surface area contributed by atoms with Crippen molar-refractivity contribution in [2.24, 2.45) is 0 Å². The summed E-state index contributed by atoms with van der Waals surface area (Å²) in [5, 5.41) is 0.881. The van der Waals surface area contributed by atoms with Gasteiger partial charge < -0.3 is 4.98 Å².